The Bertz CT molecular complexity index is 146. The van der Waals surface area contributed by atoms with Crippen LogP contribution < -0.4 is 5.32 Å². The molecule has 4 nitrogen and oxygen atoms in total. The summed E-state index contributed by atoms with van der Waals surface area (Å²) in [4.78, 5) is 20.3. The highest BCUT2D eigenvalue weighted by molar-refractivity contribution is 5.78. The van der Waals surface area contributed by atoms with Crippen LogP contribution in [0.15, 0.2) is 0 Å². The molecule has 1 N–H and O–H groups in total. The summed E-state index contributed by atoms with van der Waals surface area (Å²) in [5.41, 5.74) is 0. The standard InChI is InChI=1S/C6H9NO3/c8-4-10-3-5-1-6(9)7-2-5/h4-5H,1-3H2,(H,7,9). The van der Waals surface area contributed by atoms with Crippen molar-refractivity contribution in [2.75, 3.05) is 13.2 Å². The van der Waals surface area contributed by atoms with Crippen molar-refractivity contribution in [3.8, 4) is 0 Å². The molecule has 1 unspecified atom stereocenters. The minimum atomic E-state index is 0.0412. The Labute approximate surface area is 58.5 Å². The summed E-state index contributed by atoms with van der Waals surface area (Å²) in [6.07, 6.45) is 0.480. The topological polar surface area (TPSA) is 55.4 Å². The molecule has 0 aliphatic carbocycles. The molecule has 0 radical (unpaired) electrons. The van der Waals surface area contributed by atoms with Gasteiger partial charge in [0.1, 0.15) is 0 Å². The molecular weight excluding hydrogens is 134 g/mol. The monoisotopic (exact) mass is 143 g/mol. The zero-order chi connectivity index (χ0) is 7.40. The molecule has 1 aliphatic heterocycles. The van der Waals surface area contributed by atoms with Gasteiger partial charge in [0.25, 0.3) is 6.47 Å². The van der Waals surface area contributed by atoms with E-state index in [2.05, 4.69) is 10.1 Å². The first-order chi connectivity index (χ1) is 4.83. The van der Waals surface area contributed by atoms with Gasteiger partial charge in [-0.3, -0.25) is 9.59 Å². The van der Waals surface area contributed by atoms with Crippen LogP contribution >= 0.6 is 0 Å². The molecular formula is C6H9NO3. The van der Waals surface area contributed by atoms with Crippen molar-refractivity contribution < 1.29 is 14.3 Å². The van der Waals surface area contributed by atoms with Crippen LogP contribution in [0.4, 0.5) is 0 Å². The molecule has 56 valence electrons. The zero-order valence-corrected chi connectivity index (χ0v) is 5.50. The molecule has 0 aromatic carbocycles. The van der Waals surface area contributed by atoms with Crippen molar-refractivity contribution in [1.29, 1.82) is 0 Å². The minimum Gasteiger partial charge on any atom is -0.468 e. The van der Waals surface area contributed by atoms with Crippen LogP contribution in [0.5, 0.6) is 0 Å². The van der Waals surface area contributed by atoms with Gasteiger partial charge in [-0.2, -0.15) is 0 Å². The van der Waals surface area contributed by atoms with Crippen LogP contribution in [0.25, 0.3) is 0 Å². The van der Waals surface area contributed by atoms with Crippen LogP contribution in [-0.4, -0.2) is 25.5 Å². The molecule has 1 amide bonds. The Morgan fingerprint density at radius 3 is 3.10 bits per heavy atom. The van der Waals surface area contributed by atoms with E-state index in [9.17, 15) is 9.59 Å². The second-order valence-electron chi connectivity index (χ2n) is 2.30. The number of ether oxygens (including phenoxy) is 1. The van der Waals surface area contributed by atoms with Crippen LogP contribution in [0.1, 0.15) is 6.42 Å². The van der Waals surface area contributed by atoms with Crippen LogP contribution in [-0.2, 0) is 14.3 Å². The van der Waals surface area contributed by atoms with Crippen molar-refractivity contribution in [3.63, 3.8) is 0 Å². The first-order valence-corrected chi connectivity index (χ1v) is 3.15. The molecule has 1 rings (SSSR count). The van der Waals surface area contributed by atoms with E-state index in [1.807, 2.05) is 0 Å². The van der Waals surface area contributed by atoms with Gasteiger partial charge < -0.3 is 10.1 Å². The van der Waals surface area contributed by atoms with Gasteiger partial charge in [-0.1, -0.05) is 0 Å². The fraction of sp³-hybridized carbons (Fsp3) is 0.667. The lowest BCUT2D eigenvalue weighted by atomic mass is 10.1. The third-order valence-electron chi connectivity index (χ3n) is 1.46. The van der Waals surface area contributed by atoms with Gasteiger partial charge in [-0.15, -0.1) is 0 Å². The SMILES string of the molecule is O=COCC1CNC(=O)C1. The summed E-state index contributed by atoms with van der Waals surface area (Å²) in [5.74, 6) is 0.220. The molecule has 10 heavy (non-hydrogen) atoms. The minimum absolute atomic E-state index is 0.0412. The molecule has 1 saturated heterocycles. The van der Waals surface area contributed by atoms with E-state index in [0.717, 1.165) is 0 Å². The van der Waals surface area contributed by atoms with E-state index in [1.165, 1.54) is 0 Å². The first kappa shape index (κ1) is 7.05. The number of nitrogens with one attached hydrogen (secondary N) is 1. The fourth-order valence-electron chi connectivity index (χ4n) is 0.958. The Morgan fingerprint density at radius 2 is 2.60 bits per heavy atom. The number of hydrogen-bond donors (Lipinski definition) is 1. The van der Waals surface area contributed by atoms with Crippen molar-refractivity contribution in [1.82, 2.24) is 5.32 Å². The second-order valence-corrected chi connectivity index (χ2v) is 2.30. The van der Waals surface area contributed by atoms with E-state index < -0.39 is 0 Å². The highest BCUT2D eigenvalue weighted by Crippen LogP contribution is 2.07. The van der Waals surface area contributed by atoms with E-state index >= 15 is 0 Å². The van der Waals surface area contributed by atoms with E-state index in [-0.39, 0.29) is 11.8 Å². The Kier molecular flexibility index (Phi) is 2.25. The highest BCUT2D eigenvalue weighted by atomic mass is 16.5. The van der Waals surface area contributed by atoms with Gasteiger partial charge in [-0.05, 0) is 0 Å². The predicted octanol–water partition coefficient (Wildman–Crippen LogP) is -0.704. The largest absolute Gasteiger partial charge is 0.468 e. The average molecular weight is 143 g/mol. The van der Waals surface area contributed by atoms with Gasteiger partial charge in [0.05, 0.1) is 6.61 Å². The number of amides is 1. The maximum Gasteiger partial charge on any atom is 0.293 e. The van der Waals surface area contributed by atoms with Crippen LogP contribution in [0.3, 0.4) is 0 Å². The van der Waals surface area contributed by atoms with Crippen molar-refractivity contribution >= 4 is 12.4 Å². The Morgan fingerprint density at radius 1 is 1.80 bits per heavy atom. The molecule has 0 spiro atoms. The first-order valence-electron chi connectivity index (χ1n) is 3.15. The van der Waals surface area contributed by atoms with Crippen LogP contribution in [0.2, 0.25) is 0 Å². The van der Waals surface area contributed by atoms with Crippen molar-refractivity contribution in [2.45, 2.75) is 6.42 Å². The Balaban J connectivity index is 2.18. The van der Waals surface area contributed by atoms with Crippen molar-refractivity contribution in [3.05, 3.63) is 0 Å². The summed E-state index contributed by atoms with van der Waals surface area (Å²) >= 11 is 0. The van der Waals surface area contributed by atoms with E-state index in [4.69, 9.17) is 0 Å². The predicted molar refractivity (Wildman–Crippen MR) is 33.1 cm³/mol. The summed E-state index contributed by atoms with van der Waals surface area (Å²) in [6, 6.07) is 0. The van der Waals surface area contributed by atoms with Gasteiger partial charge >= 0.3 is 0 Å². The summed E-state index contributed by atoms with van der Waals surface area (Å²) in [5, 5.41) is 2.64. The zero-order valence-electron chi connectivity index (χ0n) is 5.50. The summed E-state index contributed by atoms with van der Waals surface area (Å²) < 4.78 is 4.49. The average Bonchev–Trinajstić information content (AvgIpc) is 2.31. The molecule has 0 bridgehead atoms. The molecule has 0 aromatic rings. The van der Waals surface area contributed by atoms with Crippen molar-refractivity contribution in [2.24, 2.45) is 5.92 Å². The van der Waals surface area contributed by atoms with Gasteiger partial charge in [0, 0.05) is 18.9 Å². The molecule has 1 aliphatic rings. The summed E-state index contributed by atoms with van der Waals surface area (Å²) in [6.45, 7) is 1.39. The molecule has 1 heterocycles. The van der Waals surface area contributed by atoms with Gasteiger partial charge in [0.15, 0.2) is 0 Å². The molecule has 0 aromatic heterocycles. The lowest BCUT2D eigenvalue weighted by Gasteiger charge is -2.02. The maximum atomic E-state index is 10.6. The number of rotatable bonds is 3. The highest BCUT2D eigenvalue weighted by Gasteiger charge is 2.21. The third kappa shape index (κ3) is 1.72. The summed E-state index contributed by atoms with van der Waals surface area (Å²) in [7, 11) is 0. The molecule has 1 atom stereocenters. The maximum absolute atomic E-state index is 10.6. The molecule has 4 heteroatoms. The molecule has 0 saturated carbocycles. The third-order valence-corrected chi connectivity index (χ3v) is 1.46. The number of carbonyl (C=O) groups is 2. The number of hydrogen-bond acceptors (Lipinski definition) is 3. The normalized spacial score (nSPS) is 24.0. The van der Waals surface area contributed by atoms with E-state index in [0.29, 0.717) is 26.0 Å². The lowest BCUT2D eigenvalue weighted by molar-refractivity contribution is -0.130. The van der Waals surface area contributed by atoms with E-state index in [1.54, 1.807) is 0 Å². The Hall–Kier alpha value is -1.06. The van der Waals surface area contributed by atoms with Crippen LogP contribution in [0, 0.1) is 5.92 Å². The molecule has 1 fully saturated rings. The fourth-order valence-corrected chi connectivity index (χ4v) is 0.958. The number of carbonyl (C=O) groups excluding carboxylic acids is 2. The smallest absolute Gasteiger partial charge is 0.293 e. The van der Waals surface area contributed by atoms with Gasteiger partial charge in [0.2, 0.25) is 5.91 Å². The quantitative estimate of drug-likeness (QED) is 0.531. The second kappa shape index (κ2) is 3.20. The lowest BCUT2D eigenvalue weighted by Crippen LogP contribution is -2.15. The van der Waals surface area contributed by atoms with Gasteiger partial charge in [-0.25, -0.2) is 0 Å².